The van der Waals surface area contributed by atoms with Gasteiger partial charge in [-0.15, -0.1) is 0 Å². The van der Waals surface area contributed by atoms with E-state index in [-0.39, 0.29) is 17.1 Å². The summed E-state index contributed by atoms with van der Waals surface area (Å²) in [6, 6.07) is 12.3. The Bertz CT molecular complexity index is 1020. The van der Waals surface area contributed by atoms with Gasteiger partial charge in [-0.1, -0.05) is 41.9 Å². The van der Waals surface area contributed by atoms with Gasteiger partial charge < -0.3 is 20.1 Å². The fourth-order valence-electron chi connectivity index (χ4n) is 3.43. The maximum atomic E-state index is 13.0. The smallest absolute Gasteiger partial charge is 0.261 e. The molecule has 3 N–H and O–H groups in total. The van der Waals surface area contributed by atoms with Crippen molar-refractivity contribution in [3.05, 3.63) is 58.1 Å². The van der Waals surface area contributed by atoms with E-state index < -0.39 is 5.91 Å². The maximum Gasteiger partial charge on any atom is 0.261 e. The lowest BCUT2D eigenvalue weighted by Gasteiger charge is -2.16. The second kappa shape index (κ2) is 12.8. The molecule has 1 aliphatic rings. The Hall–Kier alpha value is -2.49. The third kappa shape index (κ3) is 7.78. The molecule has 0 aliphatic carbocycles. The molecule has 2 amide bonds. The highest BCUT2D eigenvalue weighted by atomic mass is 79.9. The highest BCUT2D eigenvalue weighted by Crippen LogP contribution is 2.24. The van der Waals surface area contributed by atoms with Gasteiger partial charge in [0.2, 0.25) is 0 Å². The van der Waals surface area contributed by atoms with Crippen molar-refractivity contribution in [2.45, 2.75) is 39.2 Å². The van der Waals surface area contributed by atoms with E-state index in [1.54, 1.807) is 36.4 Å². The molecule has 0 bridgehead atoms. The molecule has 3 rings (SSSR count). The van der Waals surface area contributed by atoms with Crippen LogP contribution in [0.5, 0.6) is 5.75 Å². The van der Waals surface area contributed by atoms with Crippen LogP contribution < -0.4 is 20.7 Å². The maximum absolute atomic E-state index is 13.0. The van der Waals surface area contributed by atoms with E-state index >= 15 is 0 Å². The standard InChI is InChI=1S/C25H30BrN3O4S/c1-16(2)11-13-33-22-10-9-17(26)14-20(22)24(31)29-25(34)28-21-8-4-3-7-19(21)23(30)27-15-18-6-5-12-32-18/h3-4,7-10,14,16,18H,5-6,11-13,15H2,1-2H3,(H,27,30)(H2,28,29,31,34). The highest BCUT2D eigenvalue weighted by Gasteiger charge is 2.19. The zero-order chi connectivity index (χ0) is 24.5. The third-order valence-electron chi connectivity index (χ3n) is 5.30. The lowest BCUT2D eigenvalue weighted by Crippen LogP contribution is -2.36. The number of amides is 2. The molecule has 1 heterocycles. The first-order valence-corrected chi connectivity index (χ1v) is 12.6. The Labute approximate surface area is 214 Å². The number of nitrogens with one attached hydrogen (secondary N) is 3. The molecule has 1 fully saturated rings. The first-order valence-electron chi connectivity index (χ1n) is 11.4. The van der Waals surface area contributed by atoms with Crippen LogP contribution in [0.3, 0.4) is 0 Å². The van der Waals surface area contributed by atoms with Crippen molar-refractivity contribution in [1.82, 2.24) is 10.6 Å². The summed E-state index contributed by atoms with van der Waals surface area (Å²) in [5.74, 6) is 0.338. The lowest BCUT2D eigenvalue weighted by atomic mass is 10.1. The van der Waals surface area contributed by atoms with Gasteiger partial charge in [-0.3, -0.25) is 14.9 Å². The van der Waals surface area contributed by atoms with Crippen LogP contribution in [0.15, 0.2) is 46.9 Å². The number of benzene rings is 2. The second-order valence-electron chi connectivity index (χ2n) is 8.47. The number of carbonyl (C=O) groups is 2. The Morgan fingerprint density at radius 2 is 1.97 bits per heavy atom. The summed E-state index contributed by atoms with van der Waals surface area (Å²) >= 11 is 8.76. The molecule has 1 unspecified atom stereocenters. The number of rotatable bonds is 9. The van der Waals surface area contributed by atoms with E-state index in [1.807, 2.05) is 6.07 Å². The lowest BCUT2D eigenvalue weighted by molar-refractivity contribution is 0.0858. The number of hydrogen-bond acceptors (Lipinski definition) is 5. The Morgan fingerprint density at radius 1 is 1.18 bits per heavy atom. The number of hydrogen-bond donors (Lipinski definition) is 3. The van der Waals surface area contributed by atoms with E-state index in [9.17, 15) is 9.59 Å². The van der Waals surface area contributed by atoms with Crippen LogP contribution in [0, 0.1) is 5.92 Å². The topological polar surface area (TPSA) is 88.7 Å². The summed E-state index contributed by atoms with van der Waals surface area (Å²) in [6.07, 6.45) is 2.87. The summed E-state index contributed by atoms with van der Waals surface area (Å²) in [5, 5.41) is 8.64. The first-order chi connectivity index (χ1) is 16.3. The predicted octanol–water partition coefficient (Wildman–Crippen LogP) is 4.91. The Balaban J connectivity index is 1.63. The van der Waals surface area contributed by atoms with Gasteiger partial charge in [0.05, 0.1) is 29.5 Å². The first kappa shape index (κ1) is 26.1. The van der Waals surface area contributed by atoms with Gasteiger partial charge in [0.1, 0.15) is 5.75 Å². The Morgan fingerprint density at radius 3 is 2.71 bits per heavy atom. The molecular formula is C25H30BrN3O4S. The molecule has 7 nitrogen and oxygen atoms in total. The fraction of sp³-hybridized carbons (Fsp3) is 0.400. The summed E-state index contributed by atoms with van der Waals surface area (Å²) < 4.78 is 12.1. The van der Waals surface area contributed by atoms with Crippen molar-refractivity contribution >= 4 is 50.8 Å². The minimum Gasteiger partial charge on any atom is -0.493 e. The van der Waals surface area contributed by atoms with Gasteiger partial charge in [0.15, 0.2) is 5.11 Å². The van der Waals surface area contributed by atoms with E-state index in [2.05, 4.69) is 45.7 Å². The molecule has 2 aromatic rings. The van der Waals surface area contributed by atoms with E-state index in [4.69, 9.17) is 21.7 Å². The predicted molar refractivity (Wildman–Crippen MR) is 141 cm³/mol. The number of halogens is 1. The van der Waals surface area contributed by atoms with E-state index in [1.165, 1.54) is 0 Å². The van der Waals surface area contributed by atoms with Gasteiger partial charge in [-0.25, -0.2) is 0 Å². The molecule has 0 saturated carbocycles. The van der Waals surface area contributed by atoms with Crippen molar-refractivity contribution in [2.24, 2.45) is 5.92 Å². The largest absolute Gasteiger partial charge is 0.493 e. The monoisotopic (exact) mass is 547 g/mol. The number of thiocarbonyl (C=S) groups is 1. The third-order valence-corrected chi connectivity index (χ3v) is 6.00. The normalized spacial score (nSPS) is 15.1. The van der Waals surface area contributed by atoms with Crippen molar-refractivity contribution in [1.29, 1.82) is 0 Å². The molecule has 9 heteroatoms. The number of anilines is 1. The van der Waals surface area contributed by atoms with Crippen LogP contribution in [0.2, 0.25) is 0 Å². The van der Waals surface area contributed by atoms with Gasteiger partial charge in [0, 0.05) is 17.6 Å². The summed E-state index contributed by atoms with van der Waals surface area (Å²) in [6.45, 7) is 5.93. The molecule has 0 spiro atoms. The molecule has 1 aliphatic heterocycles. The molecule has 0 aromatic heterocycles. The van der Waals surface area contributed by atoms with Crippen molar-refractivity contribution in [3.8, 4) is 5.75 Å². The van der Waals surface area contributed by atoms with Crippen molar-refractivity contribution < 1.29 is 19.1 Å². The van der Waals surface area contributed by atoms with E-state index in [0.717, 1.165) is 30.3 Å². The highest BCUT2D eigenvalue weighted by molar-refractivity contribution is 9.10. The van der Waals surface area contributed by atoms with Gasteiger partial charge in [-0.05, 0) is 67.7 Å². The fourth-order valence-corrected chi connectivity index (χ4v) is 4.00. The molecular weight excluding hydrogens is 518 g/mol. The zero-order valence-electron chi connectivity index (χ0n) is 19.4. The SMILES string of the molecule is CC(C)CCOc1ccc(Br)cc1C(=O)NC(=S)Nc1ccccc1C(=O)NCC1CCCO1. The van der Waals surface area contributed by atoms with Crippen LogP contribution in [-0.4, -0.2) is 42.8 Å². The average Bonchev–Trinajstić information content (AvgIpc) is 3.32. The molecule has 0 radical (unpaired) electrons. The number of carbonyl (C=O) groups excluding carboxylic acids is 2. The second-order valence-corrected chi connectivity index (χ2v) is 9.79. The summed E-state index contributed by atoms with van der Waals surface area (Å²) in [7, 11) is 0. The van der Waals surface area contributed by atoms with Crippen LogP contribution >= 0.6 is 28.1 Å². The molecule has 182 valence electrons. The van der Waals surface area contributed by atoms with Gasteiger partial charge in [-0.2, -0.15) is 0 Å². The molecule has 1 atom stereocenters. The molecule has 1 saturated heterocycles. The number of para-hydroxylation sites is 1. The average molecular weight is 549 g/mol. The van der Waals surface area contributed by atoms with Gasteiger partial charge in [0.25, 0.3) is 11.8 Å². The van der Waals surface area contributed by atoms with Crippen molar-refractivity contribution in [3.63, 3.8) is 0 Å². The van der Waals surface area contributed by atoms with Crippen LogP contribution in [-0.2, 0) is 4.74 Å². The van der Waals surface area contributed by atoms with Gasteiger partial charge >= 0.3 is 0 Å². The summed E-state index contributed by atoms with van der Waals surface area (Å²) in [5.41, 5.74) is 1.29. The zero-order valence-corrected chi connectivity index (χ0v) is 21.8. The van der Waals surface area contributed by atoms with Crippen LogP contribution in [0.1, 0.15) is 53.8 Å². The number of ether oxygens (including phenoxy) is 2. The van der Waals surface area contributed by atoms with Crippen molar-refractivity contribution in [2.75, 3.05) is 25.1 Å². The minimum absolute atomic E-state index is 0.0478. The summed E-state index contributed by atoms with van der Waals surface area (Å²) in [4.78, 5) is 25.7. The molecule has 2 aromatic carbocycles. The minimum atomic E-state index is -0.404. The quantitative estimate of drug-likeness (QED) is 0.386. The molecule has 34 heavy (non-hydrogen) atoms. The van der Waals surface area contributed by atoms with Crippen LogP contribution in [0.4, 0.5) is 5.69 Å². The Kier molecular flexibility index (Phi) is 9.86. The van der Waals surface area contributed by atoms with E-state index in [0.29, 0.717) is 41.6 Å². The van der Waals surface area contributed by atoms with Crippen LogP contribution in [0.25, 0.3) is 0 Å².